The molecular weight excluding hydrogens is 329 g/mol. The monoisotopic (exact) mass is 350 g/mol. The van der Waals surface area contributed by atoms with Gasteiger partial charge in [-0.25, -0.2) is 4.98 Å². The summed E-state index contributed by atoms with van der Waals surface area (Å²) in [7, 11) is 0. The highest BCUT2D eigenvalue weighted by Crippen LogP contribution is 2.30. The van der Waals surface area contributed by atoms with Crippen LogP contribution in [0.15, 0.2) is 36.4 Å². The largest absolute Gasteiger partial charge is 0.433 e. The van der Waals surface area contributed by atoms with Crippen molar-refractivity contribution in [3.63, 3.8) is 0 Å². The minimum atomic E-state index is -4.50. The Balaban J connectivity index is 1.70. The van der Waals surface area contributed by atoms with E-state index in [2.05, 4.69) is 20.6 Å². The second-order valence-electron chi connectivity index (χ2n) is 6.25. The molecular formula is C18H21F3N4. The van der Waals surface area contributed by atoms with Gasteiger partial charge < -0.3 is 10.6 Å². The Bertz CT molecular complexity index is 682. The Morgan fingerprint density at radius 2 is 1.76 bits per heavy atom. The molecule has 25 heavy (non-hydrogen) atoms. The van der Waals surface area contributed by atoms with E-state index in [1.165, 1.54) is 0 Å². The Morgan fingerprint density at radius 1 is 1.04 bits per heavy atom. The molecule has 0 atom stereocenters. The third kappa shape index (κ3) is 5.08. The lowest BCUT2D eigenvalue weighted by Gasteiger charge is -2.15. The number of hydrogen-bond donors (Lipinski definition) is 2. The van der Waals surface area contributed by atoms with Crippen LogP contribution in [0, 0.1) is 0 Å². The van der Waals surface area contributed by atoms with Crippen molar-refractivity contribution >= 4 is 11.8 Å². The molecule has 0 unspecified atom stereocenters. The van der Waals surface area contributed by atoms with Crippen LogP contribution in [0.4, 0.5) is 24.9 Å². The Hall–Kier alpha value is -2.31. The maximum absolute atomic E-state index is 13.1. The van der Waals surface area contributed by atoms with Gasteiger partial charge in [-0.05, 0) is 24.8 Å². The molecule has 0 aliphatic heterocycles. The summed E-state index contributed by atoms with van der Waals surface area (Å²) in [6.07, 6.45) is 0.257. The van der Waals surface area contributed by atoms with Crippen LogP contribution in [-0.4, -0.2) is 22.6 Å². The average molecular weight is 350 g/mol. The lowest BCUT2D eigenvalue weighted by Crippen LogP contribution is -2.20. The van der Waals surface area contributed by atoms with Gasteiger partial charge in [0.25, 0.3) is 0 Å². The molecule has 1 saturated carbocycles. The van der Waals surface area contributed by atoms with E-state index in [1.807, 2.05) is 30.3 Å². The van der Waals surface area contributed by atoms with E-state index in [9.17, 15) is 13.2 Å². The van der Waals surface area contributed by atoms with Crippen LogP contribution < -0.4 is 10.6 Å². The van der Waals surface area contributed by atoms with E-state index in [0.717, 1.165) is 37.3 Å². The zero-order valence-corrected chi connectivity index (χ0v) is 13.8. The summed E-state index contributed by atoms with van der Waals surface area (Å²) in [4.78, 5) is 7.86. The highest BCUT2D eigenvalue weighted by Gasteiger charge is 2.34. The predicted molar refractivity (Wildman–Crippen MR) is 91.5 cm³/mol. The fourth-order valence-electron chi connectivity index (χ4n) is 2.98. The van der Waals surface area contributed by atoms with E-state index in [4.69, 9.17) is 0 Å². The van der Waals surface area contributed by atoms with Gasteiger partial charge in [-0.3, -0.25) is 0 Å². The van der Waals surface area contributed by atoms with E-state index < -0.39 is 11.9 Å². The number of aromatic nitrogens is 2. The van der Waals surface area contributed by atoms with Crippen molar-refractivity contribution in [1.82, 2.24) is 9.97 Å². The SMILES string of the molecule is FC(F)(F)c1cc(NCCc2ccccc2)nc(NC2CCCC2)n1. The van der Waals surface area contributed by atoms with Gasteiger partial charge in [-0.1, -0.05) is 43.2 Å². The van der Waals surface area contributed by atoms with E-state index in [0.29, 0.717) is 13.0 Å². The molecule has 0 saturated heterocycles. The first kappa shape index (κ1) is 17.5. The molecule has 7 heteroatoms. The normalized spacial score (nSPS) is 15.3. The standard InChI is InChI=1S/C18H21F3N4/c19-18(20,21)15-12-16(22-11-10-13-6-2-1-3-7-13)25-17(24-15)23-14-8-4-5-9-14/h1-3,6-7,12,14H,4-5,8-11H2,(H2,22,23,24,25). The van der Waals surface area contributed by atoms with Crippen molar-refractivity contribution in [3.8, 4) is 0 Å². The molecule has 4 nitrogen and oxygen atoms in total. The quantitative estimate of drug-likeness (QED) is 0.805. The number of nitrogens with one attached hydrogen (secondary N) is 2. The maximum atomic E-state index is 13.1. The third-order valence-corrected chi connectivity index (χ3v) is 4.27. The van der Waals surface area contributed by atoms with Crippen LogP contribution in [-0.2, 0) is 12.6 Å². The Morgan fingerprint density at radius 3 is 2.44 bits per heavy atom. The lowest BCUT2D eigenvalue weighted by atomic mass is 10.1. The van der Waals surface area contributed by atoms with Gasteiger partial charge in [0.1, 0.15) is 5.82 Å². The third-order valence-electron chi connectivity index (χ3n) is 4.27. The summed E-state index contributed by atoms with van der Waals surface area (Å²) in [5.41, 5.74) is 0.189. The first-order valence-electron chi connectivity index (χ1n) is 8.51. The number of rotatable bonds is 6. The Labute approximate surface area is 144 Å². The number of halogens is 3. The van der Waals surface area contributed by atoms with Gasteiger partial charge in [0.2, 0.25) is 5.95 Å². The van der Waals surface area contributed by atoms with Crippen LogP contribution in [0.2, 0.25) is 0 Å². The average Bonchev–Trinajstić information content (AvgIpc) is 3.08. The van der Waals surface area contributed by atoms with Crippen molar-refractivity contribution in [2.45, 2.75) is 44.3 Å². The molecule has 3 rings (SSSR count). The minimum absolute atomic E-state index is 0.0453. The molecule has 1 heterocycles. The summed E-state index contributed by atoms with van der Waals surface area (Å²) in [6.45, 7) is 0.501. The first-order valence-corrected chi connectivity index (χ1v) is 8.51. The fourth-order valence-corrected chi connectivity index (χ4v) is 2.98. The summed E-state index contributed by atoms with van der Waals surface area (Å²) < 4.78 is 39.3. The molecule has 0 bridgehead atoms. The van der Waals surface area contributed by atoms with Gasteiger partial charge >= 0.3 is 6.18 Å². The maximum Gasteiger partial charge on any atom is 0.433 e. The van der Waals surface area contributed by atoms with Crippen molar-refractivity contribution < 1.29 is 13.2 Å². The van der Waals surface area contributed by atoms with Gasteiger partial charge in [-0.2, -0.15) is 18.2 Å². The molecule has 0 spiro atoms. The van der Waals surface area contributed by atoms with Gasteiger partial charge in [0.15, 0.2) is 5.69 Å². The van der Waals surface area contributed by atoms with Crippen molar-refractivity contribution in [2.24, 2.45) is 0 Å². The van der Waals surface area contributed by atoms with Crippen molar-refractivity contribution in [1.29, 1.82) is 0 Å². The highest BCUT2D eigenvalue weighted by atomic mass is 19.4. The molecule has 1 aromatic carbocycles. The van der Waals surface area contributed by atoms with Crippen LogP contribution >= 0.6 is 0 Å². The molecule has 0 radical (unpaired) electrons. The molecule has 1 aliphatic carbocycles. The van der Waals surface area contributed by atoms with Crippen LogP contribution in [0.1, 0.15) is 36.9 Å². The number of hydrogen-bond acceptors (Lipinski definition) is 4. The van der Waals surface area contributed by atoms with Gasteiger partial charge in [0, 0.05) is 18.7 Å². The highest BCUT2D eigenvalue weighted by molar-refractivity contribution is 5.43. The molecule has 2 aromatic rings. The van der Waals surface area contributed by atoms with Gasteiger partial charge in [-0.15, -0.1) is 0 Å². The molecule has 0 amide bonds. The minimum Gasteiger partial charge on any atom is -0.370 e. The van der Waals surface area contributed by atoms with E-state index in [-0.39, 0.29) is 17.8 Å². The predicted octanol–water partition coefficient (Wildman–Crippen LogP) is 4.50. The van der Waals surface area contributed by atoms with Crippen LogP contribution in [0.25, 0.3) is 0 Å². The van der Waals surface area contributed by atoms with Crippen molar-refractivity contribution in [2.75, 3.05) is 17.2 Å². The van der Waals surface area contributed by atoms with Gasteiger partial charge in [0.05, 0.1) is 0 Å². The number of benzene rings is 1. The van der Waals surface area contributed by atoms with Crippen LogP contribution in [0.5, 0.6) is 0 Å². The molecule has 134 valence electrons. The summed E-state index contributed by atoms with van der Waals surface area (Å²) in [5, 5.41) is 6.02. The summed E-state index contributed by atoms with van der Waals surface area (Å²) in [6, 6.07) is 10.9. The molecule has 1 fully saturated rings. The first-order chi connectivity index (χ1) is 12.0. The Kier molecular flexibility index (Phi) is 5.40. The molecule has 1 aliphatic rings. The zero-order valence-electron chi connectivity index (χ0n) is 13.8. The fraction of sp³-hybridized carbons (Fsp3) is 0.444. The second kappa shape index (κ2) is 7.72. The molecule has 2 N–H and O–H groups in total. The second-order valence-corrected chi connectivity index (χ2v) is 6.25. The number of alkyl halides is 3. The molecule has 1 aromatic heterocycles. The van der Waals surface area contributed by atoms with E-state index >= 15 is 0 Å². The summed E-state index contributed by atoms with van der Waals surface area (Å²) in [5.74, 6) is 0.239. The lowest BCUT2D eigenvalue weighted by molar-refractivity contribution is -0.141. The van der Waals surface area contributed by atoms with Crippen molar-refractivity contribution in [3.05, 3.63) is 47.7 Å². The van der Waals surface area contributed by atoms with E-state index in [1.54, 1.807) is 0 Å². The van der Waals surface area contributed by atoms with Crippen LogP contribution in [0.3, 0.4) is 0 Å². The number of anilines is 2. The zero-order chi connectivity index (χ0) is 17.7. The summed E-state index contributed by atoms with van der Waals surface area (Å²) >= 11 is 0. The number of nitrogens with zero attached hydrogens (tertiary/aromatic N) is 2. The smallest absolute Gasteiger partial charge is 0.370 e. The topological polar surface area (TPSA) is 49.8 Å².